The highest BCUT2D eigenvalue weighted by Gasteiger charge is 2.07. The highest BCUT2D eigenvalue weighted by Crippen LogP contribution is 2.16. The zero-order chi connectivity index (χ0) is 13.9. The van der Waals surface area contributed by atoms with Gasteiger partial charge in [-0.25, -0.2) is 0 Å². The molecule has 3 nitrogen and oxygen atoms in total. The number of thiophene rings is 1. The van der Waals surface area contributed by atoms with Crippen molar-refractivity contribution in [2.75, 3.05) is 0 Å². The first-order valence-corrected chi connectivity index (χ1v) is 7.28. The lowest BCUT2D eigenvalue weighted by Gasteiger charge is -2.05. The van der Waals surface area contributed by atoms with Crippen LogP contribution in [-0.2, 0) is 6.54 Å². The van der Waals surface area contributed by atoms with Gasteiger partial charge in [0.1, 0.15) is 0 Å². The van der Waals surface area contributed by atoms with E-state index < -0.39 is 0 Å². The summed E-state index contributed by atoms with van der Waals surface area (Å²) in [4.78, 5) is 24.2. The Bertz CT molecular complexity index is 802. The van der Waals surface area contributed by atoms with E-state index in [0.29, 0.717) is 18.5 Å². The molecule has 0 unspecified atom stereocenters. The lowest BCUT2D eigenvalue weighted by Crippen LogP contribution is -2.20. The van der Waals surface area contributed by atoms with Gasteiger partial charge in [-0.2, -0.15) is 0 Å². The van der Waals surface area contributed by atoms with Gasteiger partial charge in [0.15, 0.2) is 5.78 Å². The Balaban J connectivity index is 1.79. The van der Waals surface area contributed by atoms with Crippen molar-refractivity contribution in [2.24, 2.45) is 0 Å². The van der Waals surface area contributed by atoms with Crippen LogP contribution in [-0.4, -0.2) is 10.4 Å². The Morgan fingerprint density at radius 3 is 2.70 bits per heavy atom. The molecule has 0 N–H and O–H groups in total. The summed E-state index contributed by atoms with van der Waals surface area (Å²) in [6.45, 7) is 0.415. The summed E-state index contributed by atoms with van der Waals surface area (Å²) in [5, 5.41) is 2.63. The number of aryl methyl sites for hydroxylation is 1. The normalized spacial score (nSPS) is 10.8. The third-order valence-electron chi connectivity index (χ3n) is 3.27. The fourth-order valence-electron chi connectivity index (χ4n) is 2.17. The lowest BCUT2D eigenvalue weighted by atomic mass is 10.1. The maximum Gasteiger partial charge on any atom is 0.259 e. The summed E-state index contributed by atoms with van der Waals surface area (Å²) in [6.07, 6.45) is 2.10. The summed E-state index contributed by atoms with van der Waals surface area (Å²) >= 11 is 1.55. The van der Waals surface area contributed by atoms with Crippen LogP contribution < -0.4 is 5.56 Å². The first kappa shape index (κ1) is 12.8. The molecule has 0 saturated heterocycles. The summed E-state index contributed by atoms with van der Waals surface area (Å²) < 4.78 is 2.59. The summed E-state index contributed by atoms with van der Waals surface area (Å²) in [7, 11) is 0. The van der Waals surface area contributed by atoms with Crippen molar-refractivity contribution in [1.29, 1.82) is 0 Å². The van der Waals surface area contributed by atoms with Crippen LogP contribution in [0.25, 0.3) is 10.1 Å². The van der Waals surface area contributed by atoms with Gasteiger partial charge in [-0.05, 0) is 17.5 Å². The van der Waals surface area contributed by atoms with E-state index in [1.165, 1.54) is 0 Å². The molecule has 0 bridgehead atoms. The molecule has 20 heavy (non-hydrogen) atoms. The average molecular weight is 283 g/mol. The number of benzene rings is 1. The van der Waals surface area contributed by atoms with Crippen molar-refractivity contribution in [3.8, 4) is 0 Å². The van der Waals surface area contributed by atoms with Crippen molar-refractivity contribution in [1.82, 2.24) is 4.57 Å². The van der Waals surface area contributed by atoms with Crippen LogP contribution in [0.3, 0.4) is 0 Å². The molecule has 0 aliphatic carbocycles. The average Bonchev–Trinajstić information content (AvgIpc) is 2.96. The largest absolute Gasteiger partial charge is 0.314 e. The van der Waals surface area contributed by atoms with Crippen molar-refractivity contribution >= 4 is 27.2 Å². The number of Topliss-reactive ketones (excluding diaryl/α,β-unsaturated/α-hetero) is 1. The van der Waals surface area contributed by atoms with Gasteiger partial charge in [0.2, 0.25) is 0 Å². The highest BCUT2D eigenvalue weighted by atomic mass is 32.1. The van der Waals surface area contributed by atoms with E-state index >= 15 is 0 Å². The lowest BCUT2D eigenvalue weighted by molar-refractivity contribution is 0.0977. The number of pyridine rings is 1. The number of aromatic nitrogens is 1. The minimum Gasteiger partial charge on any atom is -0.314 e. The van der Waals surface area contributed by atoms with Gasteiger partial charge >= 0.3 is 0 Å². The molecule has 2 aromatic heterocycles. The molecule has 0 radical (unpaired) electrons. The smallest absolute Gasteiger partial charge is 0.259 e. The second-order valence-electron chi connectivity index (χ2n) is 4.55. The van der Waals surface area contributed by atoms with Crippen molar-refractivity contribution in [2.45, 2.75) is 13.0 Å². The summed E-state index contributed by atoms with van der Waals surface area (Å²) in [6, 6.07) is 12.9. The number of carbonyl (C=O) groups is 1. The number of hydrogen-bond donors (Lipinski definition) is 0. The summed E-state index contributed by atoms with van der Waals surface area (Å²) in [5.74, 6) is 0.0583. The van der Waals surface area contributed by atoms with E-state index in [-0.39, 0.29) is 11.3 Å². The van der Waals surface area contributed by atoms with Crippen LogP contribution in [0.1, 0.15) is 16.8 Å². The van der Waals surface area contributed by atoms with Crippen LogP contribution in [0.5, 0.6) is 0 Å². The quantitative estimate of drug-likeness (QED) is 0.689. The maximum absolute atomic E-state index is 12.2. The second kappa shape index (κ2) is 5.43. The molecular weight excluding hydrogens is 270 g/mol. The molecule has 0 aliphatic rings. The number of ketones is 1. The molecule has 0 spiro atoms. The predicted octanol–water partition coefficient (Wildman–Crippen LogP) is 3.34. The van der Waals surface area contributed by atoms with Crippen LogP contribution in [0, 0.1) is 0 Å². The number of fused-ring (bicyclic) bond motifs is 1. The monoisotopic (exact) mass is 283 g/mol. The van der Waals surface area contributed by atoms with Gasteiger partial charge in [0.25, 0.3) is 5.56 Å². The molecule has 1 aromatic carbocycles. The van der Waals surface area contributed by atoms with E-state index in [1.807, 2.05) is 35.7 Å². The number of nitrogens with zero attached hydrogens (tertiary/aromatic N) is 1. The predicted molar refractivity (Wildman–Crippen MR) is 81.5 cm³/mol. The Kier molecular flexibility index (Phi) is 3.48. The Morgan fingerprint density at radius 2 is 1.90 bits per heavy atom. The van der Waals surface area contributed by atoms with Crippen LogP contribution >= 0.6 is 11.3 Å². The molecule has 0 atom stereocenters. The fourth-order valence-corrected chi connectivity index (χ4v) is 2.95. The van der Waals surface area contributed by atoms with Crippen molar-refractivity contribution in [3.63, 3.8) is 0 Å². The minimum absolute atomic E-state index is 0.0235. The van der Waals surface area contributed by atoms with Gasteiger partial charge in [0.05, 0.1) is 5.39 Å². The van der Waals surface area contributed by atoms with E-state index in [0.717, 1.165) is 10.1 Å². The molecule has 4 heteroatoms. The van der Waals surface area contributed by atoms with E-state index in [1.54, 1.807) is 34.2 Å². The molecule has 100 valence electrons. The maximum atomic E-state index is 12.2. The third-order valence-corrected chi connectivity index (χ3v) is 4.15. The third kappa shape index (κ3) is 2.42. The standard InChI is InChI=1S/C16H13NO2S/c18-14(12-4-2-1-3-5-12)6-9-17-10-7-15-13(16(17)19)8-11-20-15/h1-5,7-8,10-11H,6,9H2. The molecule has 2 heterocycles. The topological polar surface area (TPSA) is 39.1 Å². The minimum atomic E-state index is -0.0235. The molecule has 3 aromatic rings. The van der Waals surface area contributed by atoms with Crippen molar-refractivity contribution < 1.29 is 4.79 Å². The van der Waals surface area contributed by atoms with E-state index in [9.17, 15) is 9.59 Å². The molecule has 0 saturated carbocycles. The Labute approximate surface area is 120 Å². The zero-order valence-electron chi connectivity index (χ0n) is 10.8. The molecule has 0 aliphatic heterocycles. The summed E-state index contributed by atoms with van der Waals surface area (Å²) in [5.41, 5.74) is 0.668. The molecule has 0 fully saturated rings. The van der Waals surface area contributed by atoms with Crippen LogP contribution in [0.2, 0.25) is 0 Å². The number of carbonyl (C=O) groups excluding carboxylic acids is 1. The molecule has 3 rings (SSSR count). The Hall–Kier alpha value is -2.20. The van der Waals surface area contributed by atoms with E-state index in [4.69, 9.17) is 0 Å². The SMILES string of the molecule is O=C(CCn1ccc2sccc2c1=O)c1ccccc1. The van der Waals surface area contributed by atoms with Gasteiger partial charge in [0, 0.05) is 29.4 Å². The van der Waals surface area contributed by atoms with Crippen LogP contribution in [0.15, 0.2) is 58.8 Å². The van der Waals surface area contributed by atoms with E-state index in [2.05, 4.69) is 0 Å². The zero-order valence-corrected chi connectivity index (χ0v) is 11.6. The second-order valence-corrected chi connectivity index (χ2v) is 5.50. The highest BCUT2D eigenvalue weighted by molar-refractivity contribution is 7.17. The number of hydrogen-bond acceptors (Lipinski definition) is 3. The Morgan fingerprint density at radius 1 is 1.10 bits per heavy atom. The molecule has 0 amide bonds. The van der Waals surface area contributed by atoms with Gasteiger partial charge < -0.3 is 4.57 Å². The fraction of sp³-hybridized carbons (Fsp3) is 0.125. The van der Waals surface area contributed by atoms with Gasteiger partial charge in [-0.1, -0.05) is 30.3 Å². The van der Waals surface area contributed by atoms with Gasteiger partial charge in [-0.3, -0.25) is 9.59 Å². The number of rotatable bonds is 4. The van der Waals surface area contributed by atoms with Crippen LogP contribution in [0.4, 0.5) is 0 Å². The molecular formula is C16H13NO2S. The van der Waals surface area contributed by atoms with Gasteiger partial charge in [-0.15, -0.1) is 11.3 Å². The van der Waals surface area contributed by atoms with Crippen molar-refractivity contribution in [3.05, 3.63) is 70.0 Å². The first-order chi connectivity index (χ1) is 9.75. The first-order valence-electron chi connectivity index (χ1n) is 6.40.